The van der Waals surface area contributed by atoms with Crippen LogP contribution in [-0.4, -0.2) is 18.4 Å². The molecule has 0 heterocycles. The number of primary amides is 1. The monoisotopic (exact) mass is 412 g/mol. The fourth-order valence-electron chi connectivity index (χ4n) is 2.15. The predicted octanol–water partition coefficient (Wildman–Crippen LogP) is 4.26. The van der Waals surface area contributed by atoms with Gasteiger partial charge in [0.25, 0.3) is 0 Å². The second-order valence-corrected chi connectivity index (χ2v) is 6.02. The van der Waals surface area contributed by atoms with E-state index in [-0.39, 0.29) is 23.6 Å². The summed E-state index contributed by atoms with van der Waals surface area (Å²) in [5.74, 6) is -0.801. The number of benzene rings is 2. The van der Waals surface area contributed by atoms with E-state index in [0.29, 0.717) is 11.4 Å². The summed E-state index contributed by atoms with van der Waals surface area (Å²) >= 11 is 5.89. The third-order valence-corrected chi connectivity index (χ3v) is 3.83. The molecule has 0 atom stereocenters. The van der Waals surface area contributed by atoms with Crippen molar-refractivity contribution in [3.8, 4) is 5.75 Å². The number of alkyl halides is 3. The van der Waals surface area contributed by atoms with Crippen molar-refractivity contribution in [1.29, 1.82) is 0 Å². The summed E-state index contributed by atoms with van der Waals surface area (Å²) in [6.07, 6.45) is -2.27. The Morgan fingerprint density at radius 3 is 2.57 bits per heavy atom. The number of para-hydroxylation sites is 2. The number of halogens is 4. The summed E-state index contributed by atoms with van der Waals surface area (Å²) in [6.45, 7) is 0.0396. The zero-order valence-electron chi connectivity index (χ0n) is 14.4. The molecule has 0 spiro atoms. The summed E-state index contributed by atoms with van der Waals surface area (Å²) in [4.78, 5) is 22.9. The molecule has 0 radical (unpaired) electrons. The lowest BCUT2D eigenvalue weighted by atomic mass is 10.1. The largest absolute Gasteiger partial charge is 0.491 e. The molecule has 0 saturated carbocycles. The quantitative estimate of drug-likeness (QED) is 0.666. The van der Waals surface area contributed by atoms with Gasteiger partial charge in [-0.1, -0.05) is 23.7 Å². The number of ether oxygens (including phenoxy) is 1. The van der Waals surface area contributed by atoms with Gasteiger partial charge in [0.05, 0.1) is 24.3 Å². The van der Waals surface area contributed by atoms with Crippen LogP contribution in [0.5, 0.6) is 5.75 Å². The standard InChI is InChI=1S/C19H16ClF3N2O3/c20-14-7-6-13(19(21,22)23)11-12(14)5-8-18(27)25-15-3-1-2-4-16(15)28-10-9-17(24)26/h1-8,11H,9-10H2,(H2,24,26)(H,25,27)/b8-5+. The Hall–Kier alpha value is -3.00. The third kappa shape index (κ3) is 6.31. The highest BCUT2D eigenvalue weighted by Gasteiger charge is 2.30. The van der Waals surface area contributed by atoms with Crippen LogP contribution in [-0.2, 0) is 15.8 Å². The molecule has 2 amide bonds. The molecule has 0 unspecified atom stereocenters. The van der Waals surface area contributed by atoms with Crippen LogP contribution in [0.4, 0.5) is 18.9 Å². The van der Waals surface area contributed by atoms with Gasteiger partial charge < -0.3 is 15.8 Å². The molecule has 0 saturated heterocycles. The molecule has 5 nitrogen and oxygen atoms in total. The van der Waals surface area contributed by atoms with E-state index >= 15 is 0 Å². The number of amides is 2. The molecule has 2 aromatic carbocycles. The second-order valence-electron chi connectivity index (χ2n) is 5.62. The van der Waals surface area contributed by atoms with Crippen LogP contribution in [0.25, 0.3) is 6.08 Å². The topological polar surface area (TPSA) is 81.4 Å². The van der Waals surface area contributed by atoms with Gasteiger partial charge in [-0.15, -0.1) is 0 Å². The van der Waals surface area contributed by atoms with E-state index in [4.69, 9.17) is 22.1 Å². The number of nitrogens with one attached hydrogen (secondary N) is 1. The Morgan fingerprint density at radius 1 is 1.18 bits per heavy atom. The first-order valence-electron chi connectivity index (χ1n) is 8.03. The highest BCUT2D eigenvalue weighted by atomic mass is 35.5. The van der Waals surface area contributed by atoms with Crippen molar-refractivity contribution in [2.24, 2.45) is 5.73 Å². The highest BCUT2D eigenvalue weighted by molar-refractivity contribution is 6.32. The Kier molecular flexibility index (Phi) is 7.06. The van der Waals surface area contributed by atoms with Gasteiger partial charge in [0.15, 0.2) is 0 Å². The smallest absolute Gasteiger partial charge is 0.416 e. The average Bonchev–Trinajstić information content (AvgIpc) is 2.61. The van der Waals surface area contributed by atoms with Crippen LogP contribution >= 0.6 is 11.6 Å². The van der Waals surface area contributed by atoms with Crippen molar-refractivity contribution in [2.45, 2.75) is 12.6 Å². The summed E-state index contributed by atoms with van der Waals surface area (Å²) in [5, 5.41) is 2.63. The fraction of sp³-hybridized carbons (Fsp3) is 0.158. The maximum atomic E-state index is 12.8. The SMILES string of the molecule is NC(=O)CCOc1ccccc1NC(=O)/C=C/c1cc(C(F)(F)F)ccc1Cl. The van der Waals surface area contributed by atoms with Crippen molar-refractivity contribution in [3.05, 3.63) is 64.7 Å². The van der Waals surface area contributed by atoms with Crippen LogP contribution in [0.3, 0.4) is 0 Å². The van der Waals surface area contributed by atoms with Gasteiger partial charge in [0, 0.05) is 11.1 Å². The first kappa shape index (κ1) is 21.3. The molecule has 3 N–H and O–H groups in total. The Bertz CT molecular complexity index is 898. The minimum Gasteiger partial charge on any atom is -0.491 e. The van der Waals surface area contributed by atoms with Crippen molar-refractivity contribution < 1.29 is 27.5 Å². The molecule has 0 bridgehead atoms. The molecule has 28 heavy (non-hydrogen) atoms. The molecule has 0 aliphatic heterocycles. The molecular formula is C19H16ClF3N2O3. The van der Waals surface area contributed by atoms with E-state index in [1.165, 1.54) is 6.08 Å². The molecule has 9 heteroatoms. The molecule has 0 aliphatic carbocycles. The summed E-state index contributed by atoms with van der Waals surface area (Å²) in [6, 6.07) is 9.32. The number of nitrogens with two attached hydrogens (primary N) is 1. The van der Waals surface area contributed by atoms with Gasteiger partial charge >= 0.3 is 6.18 Å². The van der Waals surface area contributed by atoms with Crippen LogP contribution in [0.2, 0.25) is 5.02 Å². The maximum absolute atomic E-state index is 12.8. The van der Waals surface area contributed by atoms with Gasteiger partial charge in [-0.2, -0.15) is 13.2 Å². The predicted molar refractivity (Wildman–Crippen MR) is 99.9 cm³/mol. The summed E-state index contributed by atoms with van der Waals surface area (Å²) in [7, 11) is 0. The second kappa shape index (κ2) is 9.27. The van der Waals surface area contributed by atoms with E-state index in [1.807, 2.05) is 0 Å². The average molecular weight is 413 g/mol. The normalized spacial score (nSPS) is 11.4. The van der Waals surface area contributed by atoms with Gasteiger partial charge in [0.2, 0.25) is 11.8 Å². The number of rotatable bonds is 7. The number of carbonyl (C=O) groups excluding carboxylic acids is 2. The summed E-state index contributed by atoms with van der Waals surface area (Å²) in [5.41, 5.74) is 4.55. The molecular weight excluding hydrogens is 397 g/mol. The number of carbonyl (C=O) groups is 2. The van der Waals surface area contributed by atoms with Crippen molar-refractivity contribution in [3.63, 3.8) is 0 Å². The molecule has 0 aromatic heterocycles. The van der Waals surface area contributed by atoms with E-state index < -0.39 is 23.6 Å². The lowest BCUT2D eigenvalue weighted by Crippen LogP contribution is -2.15. The maximum Gasteiger partial charge on any atom is 0.416 e. The van der Waals surface area contributed by atoms with E-state index in [1.54, 1.807) is 24.3 Å². The first-order chi connectivity index (χ1) is 13.2. The molecule has 0 aliphatic rings. The Labute approximate surface area is 163 Å². The zero-order chi connectivity index (χ0) is 20.7. The van der Waals surface area contributed by atoms with E-state index in [0.717, 1.165) is 24.3 Å². The molecule has 148 valence electrons. The van der Waals surface area contributed by atoms with Crippen molar-refractivity contribution >= 4 is 35.2 Å². The van der Waals surface area contributed by atoms with Gasteiger partial charge in [0.1, 0.15) is 5.75 Å². The fourth-order valence-corrected chi connectivity index (χ4v) is 2.33. The zero-order valence-corrected chi connectivity index (χ0v) is 15.2. The molecule has 0 fully saturated rings. The van der Waals surface area contributed by atoms with Crippen LogP contribution in [0.15, 0.2) is 48.5 Å². The number of hydrogen-bond donors (Lipinski definition) is 2. The lowest BCUT2D eigenvalue weighted by molar-refractivity contribution is -0.137. The first-order valence-corrected chi connectivity index (χ1v) is 8.40. The summed E-state index contributed by atoms with van der Waals surface area (Å²) < 4.78 is 43.8. The van der Waals surface area contributed by atoms with Crippen LogP contribution < -0.4 is 15.8 Å². The third-order valence-electron chi connectivity index (χ3n) is 3.49. The van der Waals surface area contributed by atoms with Crippen LogP contribution in [0.1, 0.15) is 17.5 Å². The van der Waals surface area contributed by atoms with Crippen molar-refractivity contribution in [2.75, 3.05) is 11.9 Å². The molecule has 2 rings (SSSR count). The number of hydrogen-bond acceptors (Lipinski definition) is 3. The van der Waals surface area contributed by atoms with Crippen LogP contribution in [0, 0.1) is 0 Å². The van der Waals surface area contributed by atoms with E-state index in [2.05, 4.69) is 5.32 Å². The number of anilines is 1. The van der Waals surface area contributed by atoms with Gasteiger partial charge in [-0.05, 0) is 42.0 Å². The highest BCUT2D eigenvalue weighted by Crippen LogP contribution is 2.32. The molecule has 2 aromatic rings. The Balaban J connectivity index is 2.10. The van der Waals surface area contributed by atoms with Crippen molar-refractivity contribution in [1.82, 2.24) is 0 Å². The lowest BCUT2D eigenvalue weighted by Gasteiger charge is -2.11. The Morgan fingerprint density at radius 2 is 1.89 bits per heavy atom. The minimum absolute atomic E-state index is 0.0101. The minimum atomic E-state index is -4.52. The van der Waals surface area contributed by atoms with E-state index in [9.17, 15) is 22.8 Å². The van der Waals surface area contributed by atoms with Gasteiger partial charge in [-0.25, -0.2) is 0 Å². The van der Waals surface area contributed by atoms with Gasteiger partial charge in [-0.3, -0.25) is 9.59 Å².